The largest absolute Gasteiger partial charge is 0.318 e. The number of carbonyl (C=O) groups excluding carboxylic acids is 1. The molecule has 4 aromatic rings. The zero-order chi connectivity index (χ0) is 27.4. The van der Waals surface area contributed by atoms with Crippen LogP contribution in [0.15, 0.2) is 88.9 Å². The number of rotatable bonds is 8. The first-order chi connectivity index (χ1) is 18.1. The molecule has 1 N–H and O–H groups in total. The number of aromatic nitrogens is 1. The SMILES string of the molecule is Cc1ccc(S(=O)(=O)N(CC(=O)N/N=C\c2cc(C)n(-c3cccc(Cl)c3)c2C)c2ccc(Cl)cc2)cc1. The minimum atomic E-state index is -4.04. The van der Waals surface area contributed by atoms with E-state index in [2.05, 4.69) is 10.5 Å². The van der Waals surface area contributed by atoms with E-state index >= 15 is 0 Å². The highest BCUT2D eigenvalue weighted by molar-refractivity contribution is 7.92. The van der Waals surface area contributed by atoms with E-state index in [1.807, 2.05) is 55.7 Å². The van der Waals surface area contributed by atoms with E-state index in [4.69, 9.17) is 23.2 Å². The van der Waals surface area contributed by atoms with Crippen LogP contribution in [0, 0.1) is 20.8 Å². The summed E-state index contributed by atoms with van der Waals surface area (Å²) in [4.78, 5) is 12.9. The molecule has 0 aliphatic carbocycles. The number of nitrogens with zero attached hydrogens (tertiary/aromatic N) is 3. The zero-order valence-electron chi connectivity index (χ0n) is 21.0. The Hall–Kier alpha value is -3.59. The number of halogens is 2. The number of amides is 1. The van der Waals surface area contributed by atoms with Crippen LogP contribution >= 0.6 is 23.2 Å². The molecule has 0 saturated carbocycles. The Balaban J connectivity index is 1.55. The van der Waals surface area contributed by atoms with E-state index < -0.39 is 22.5 Å². The fourth-order valence-corrected chi connectivity index (χ4v) is 5.76. The summed E-state index contributed by atoms with van der Waals surface area (Å²) in [6.07, 6.45) is 1.53. The topological polar surface area (TPSA) is 83.8 Å². The smallest absolute Gasteiger partial charge is 0.264 e. The van der Waals surface area contributed by atoms with Crippen LogP contribution in [0.4, 0.5) is 5.69 Å². The standard InChI is InChI=1S/C28H26Cl2N4O3S/c1-19-7-13-27(14-8-19)38(36,37)33(25-11-9-23(29)10-12-25)18-28(35)32-31-17-22-15-20(2)34(21(22)3)26-6-4-5-24(30)16-26/h4-17H,18H2,1-3H3,(H,32,35)/b31-17-. The van der Waals surface area contributed by atoms with E-state index in [-0.39, 0.29) is 4.90 Å². The van der Waals surface area contributed by atoms with Crippen LogP contribution in [0.2, 0.25) is 10.0 Å². The van der Waals surface area contributed by atoms with Crippen molar-refractivity contribution in [1.29, 1.82) is 0 Å². The van der Waals surface area contributed by atoms with E-state index in [1.54, 1.807) is 36.4 Å². The average molecular weight is 570 g/mol. The van der Waals surface area contributed by atoms with Gasteiger partial charge < -0.3 is 4.57 Å². The van der Waals surface area contributed by atoms with Crippen molar-refractivity contribution >= 4 is 51.0 Å². The zero-order valence-corrected chi connectivity index (χ0v) is 23.3. The summed E-state index contributed by atoms with van der Waals surface area (Å²) in [5.74, 6) is -0.601. The summed E-state index contributed by atoms with van der Waals surface area (Å²) in [6.45, 7) is 5.29. The molecule has 0 unspecified atom stereocenters. The molecule has 196 valence electrons. The Labute approximate surface area is 232 Å². The quantitative estimate of drug-likeness (QED) is 0.207. The monoisotopic (exact) mass is 568 g/mol. The summed E-state index contributed by atoms with van der Waals surface area (Å²) in [6, 6.07) is 22.1. The number of hydrazone groups is 1. The van der Waals surface area contributed by atoms with Crippen LogP contribution in [0.1, 0.15) is 22.5 Å². The fourth-order valence-electron chi connectivity index (χ4n) is 4.03. The van der Waals surface area contributed by atoms with Crippen LogP contribution in [0.3, 0.4) is 0 Å². The molecule has 0 fully saturated rings. The second kappa shape index (κ2) is 11.4. The lowest BCUT2D eigenvalue weighted by Gasteiger charge is -2.23. The Morgan fingerprint density at radius 3 is 2.29 bits per heavy atom. The summed E-state index contributed by atoms with van der Waals surface area (Å²) in [7, 11) is -4.04. The summed E-state index contributed by atoms with van der Waals surface area (Å²) < 4.78 is 30.0. The highest BCUT2D eigenvalue weighted by Gasteiger charge is 2.27. The molecular formula is C28H26Cl2N4O3S. The maximum atomic E-state index is 13.5. The molecule has 0 bridgehead atoms. The molecule has 10 heteroatoms. The van der Waals surface area contributed by atoms with E-state index in [0.717, 1.165) is 32.5 Å². The van der Waals surface area contributed by atoms with Crippen molar-refractivity contribution in [3.63, 3.8) is 0 Å². The van der Waals surface area contributed by atoms with Gasteiger partial charge in [-0.05, 0) is 81.4 Å². The number of aryl methyl sites for hydroxylation is 2. The first kappa shape index (κ1) is 27.4. The molecule has 1 aromatic heterocycles. The number of carbonyl (C=O) groups is 1. The van der Waals surface area contributed by atoms with E-state index in [1.165, 1.54) is 18.3 Å². The number of anilines is 1. The van der Waals surface area contributed by atoms with Gasteiger partial charge in [-0.1, -0.05) is 47.0 Å². The Morgan fingerprint density at radius 2 is 1.63 bits per heavy atom. The van der Waals surface area contributed by atoms with Gasteiger partial charge in [0.2, 0.25) is 0 Å². The van der Waals surface area contributed by atoms with E-state index in [9.17, 15) is 13.2 Å². The molecular weight excluding hydrogens is 543 g/mol. The van der Waals surface area contributed by atoms with E-state index in [0.29, 0.717) is 15.7 Å². The normalized spacial score (nSPS) is 11.6. The van der Waals surface area contributed by atoms with Gasteiger partial charge in [-0.2, -0.15) is 5.10 Å². The van der Waals surface area contributed by atoms with Gasteiger partial charge >= 0.3 is 0 Å². The van der Waals surface area contributed by atoms with Gasteiger partial charge in [0.25, 0.3) is 15.9 Å². The molecule has 38 heavy (non-hydrogen) atoms. The van der Waals surface area contributed by atoms with Gasteiger partial charge in [-0.3, -0.25) is 9.10 Å². The summed E-state index contributed by atoms with van der Waals surface area (Å²) in [5.41, 5.74) is 7.26. The average Bonchev–Trinajstić information content (AvgIpc) is 3.16. The number of nitrogens with one attached hydrogen (secondary N) is 1. The molecule has 0 aliphatic heterocycles. The molecule has 1 heterocycles. The molecule has 0 spiro atoms. The number of sulfonamides is 1. The predicted molar refractivity (Wildman–Crippen MR) is 153 cm³/mol. The van der Waals surface area contributed by atoms with Crippen LogP contribution in [-0.2, 0) is 14.8 Å². The molecule has 0 aliphatic rings. The fraction of sp³-hybridized carbons (Fsp3) is 0.143. The first-order valence-electron chi connectivity index (χ1n) is 11.7. The Kier molecular flexibility index (Phi) is 8.26. The lowest BCUT2D eigenvalue weighted by atomic mass is 10.2. The van der Waals surface area contributed by atoms with Gasteiger partial charge in [-0.25, -0.2) is 13.8 Å². The van der Waals surface area contributed by atoms with Gasteiger partial charge in [0.1, 0.15) is 6.54 Å². The van der Waals surface area contributed by atoms with Crippen molar-refractivity contribution in [1.82, 2.24) is 9.99 Å². The van der Waals surface area contributed by atoms with Crippen molar-refractivity contribution < 1.29 is 13.2 Å². The van der Waals surface area contributed by atoms with Gasteiger partial charge in [0.05, 0.1) is 16.8 Å². The summed E-state index contributed by atoms with van der Waals surface area (Å²) >= 11 is 12.2. The van der Waals surface area contributed by atoms with Crippen molar-refractivity contribution in [3.05, 3.63) is 111 Å². The lowest BCUT2D eigenvalue weighted by Crippen LogP contribution is -2.39. The highest BCUT2D eigenvalue weighted by atomic mass is 35.5. The molecule has 4 rings (SSSR count). The maximum absolute atomic E-state index is 13.5. The third-order valence-corrected chi connectivity index (χ3v) is 8.22. The van der Waals surface area contributed by atoms with Crippen LogP contribution in [-0.4, -0.2) is 31.7 Å². The maximum Gasteiger partial charge on any atom is 0.264 e. The van der Waals surface area contributed by atoms with Crippen LogP contribution < -0.4 is 9.73 Å². The molecule has 0 radical (unpaired) electrons. The molecule has 7 nitrogen and oxygen atoms in total. The Morgan fingerprint density at radius 1 is 0.947 bits per heavy atom. The van der Waals surface area contributed by atoms with Gasteiger partial charge in [0, 0.05) is 32.7 Å². The molecule has 0 saturated heterocycles. The minimum Gasteiger partial charge on any atom is -0.318 e. The van der Waals surface area contributed by atoms with Crippen molar-refractivity contribution in [2.45, 2.75) is 25.7 Å². The summed E-state index contributed by atoms with van der Waals surface area (Å²) in [5, 5.41) is 5.17. The van der Waals surface area contributed by atoms with Crippen molar-refractivity contribution in [3.8, 4) is 5.69 Å². The second-order valence-electron chi connectivity index (χ2n) is 8.74. The third kappa shape index (κ3) is 6.10. The number of hydrogen-bond acceptors (Lipinski definition) is 4. The van der Waals surface area contributed by atoms with Gasteiger partial charge in [-0.15, -0.1) is 0 Å². The lowest BCUT2D eigenvalue weighted by molar-refractivity contribution is -0.119. The highest BCUT2D eigenvalue weighted by Crippen LogP contribution is 2.26. The molecule has 0 atom stereocenters. The number of hydrogen-bond donors (Lipinski definition) is 1. The van der Waals surface area contributed by atoms with Crippen molar-refractivity contribution in [2.24, 2.45) is 5.10 Å². The molecule has 1 amide bonds. The van der Waals surface area contributed by atoms with Crippen LogP contribution in [0.25, 0.3) is 5.69 Å². The molecule has 3 aromatic carbocycles. The van der Waals surface area contributed by atoms with Gasteiger partial charge in [0.15, 0.2) is 0 Å². The predicted octanol–water partition coefficient (Wildman–Crippen LogP) is 6.05. The second-order valence-corrected chi connectivity index (χ2v) is 11.5. The number of benzene rings is 3. The van der Waals surface area contributed by atoms with Crippen molar-refractivity contribution in [2.75, 3.05) is 10.8 Å². The minimum absolute atomic E-state index is 0.0720. The van der Waals surface area contributed by atoms with Crippen LogP contribution in [0.5, 0.6) is 0 Å². The first-order valence-corrected chi connectivity index (χ1v) is 13.9. The Bertz CT molecular complexity index is 1600. The third-order valence-electron chi connectivity index (χ3n) is 5.94.